The molecule has 4 nitrogen and oxygen atoms in total. The molecular weight excluding hydrogens is 206 g/mol. The molecule has 1 N–H and O–H groups in total. The summed E-state index contributed by atoms with van der Waals surface area (Å²) in [5.41, 5.74) is -0.734. The Kier molecular flexibility index (Phi) is 4.74. The van der Waals surface area contributed by atoms with Gasteiger partial charge in [-0.1, -0.05) is 0 Å². The quantitative estimate of drug-likeness (QED) is 0.770. The highest BCUT2D eigenvalue weighted by Gasteiger charge is 2.37. The van der Waals surface area contributed by atoms with E-state index in [2.05, 4.69) is 0 Å². The van der Waals surface area contributed by atoms with Gasteiger partial charge in [0.2, 0.25) is 0 Å². The molecule has 1 saturated heterocycles. The predicted molar refractivity (Wildman–Crippen MR) is 62.1 cm³/mol. The topological polar surface area (TPSA) is 49.8 Å². The van der Waals surface area contributed by atoms with Gasteiger partial charge in [0.25, 0.3) is 5.91 Å². The van der Waals surface area contributed by atoms with Gasteiger partial charge in [-0.2, -0.15) is 0 Å². The lowest BCUT2D eigenvalue weighted by molar-refractivity contribution is -0.152. The average Bonchev–Trinajstić information content (AvgIpc) is 2.73. The second-order valence-electron chi connectivity index (χ2n) is 4.87. The zero-order valence-corrected chi connectivity index (χ0v) is 10.5. The van der Waals surface area contributed by atoms with Crippen LogP contribution in [0.2, 0.25) is 0 Å². The third-order valence-corrected chi connectivity index (χ3v) is 3.36. The summed E-state index contributed by atoms with van der Waals surface area (Å²) in [4.78, 5) is 14.1. The molecular formula is C12H23NO3. The Bertz CT molecular complexity index is 240. The number of rotatable bonds is 5. The minimum atomic E-state index is -0.734. The van der Waals surface area contributed by atoms with Crippen molar-refractivity contribution in [2.45, 2.75) is 51.2 Å². The first kappa shape index (κ1) is 13.5. The third-order valence-electron chi connectivity index (χ3n) is 3.36. The van der Waals surface area contributed by atoms with Crippen LogP contribution in [0.1, 0.15) is 39.5 Å². The Morgan fingerprint density at radius 2 is 2.25 bits per heavy atom. The fourth-order valence-electron chi connectivity index (χ4n) is 2.16. The number of amides is 1. The smallest absolute Gasteiger partial charge is 0.254 e. The molecule has 1 aliphatic heterocycles. The molecule has 0 radical (unpaired) electrons. The van der Waals surface area contributed by atoms with E-state index >= 15 is 0 Å². The number of nitrogens with zero attached hydrogens (tertiary/aromatic N) is 1. The summed E-state index contributed by atoms with van der Waals surface area (Å²) in [5.74, 6) is 0.0652. The molecule has 1 aliphatic rings. The average molecular weight is 229 g/mol. The number of hydrogen-bond donors (Lipinski definition) is 1. The van der Waals surface area contributed by atoms with Crippen molar-refractivity contribution >= 4 is 5.91 Å². The standard InChI is InChI=1S/C12H23NO3/c1-12(2,16-3)11(15)13-8-4-6-10(13)7-5-9-14/h10,14H,4-9H2,1-3H3. The fourth-order valence-corrected chi connectivity index (χ4v) is 2.16. The van der Waals surface area contributed by atoms with E-state index < -0.39 is 5.60 Å². The molecule has 0 aromatic heterocycles. The van der Waals surface area contributed by atoms with Gasteiger partial charge < -0.3 is 14.7 Å². The van der Waals surface area contributed by atoms with Crippen LogP contribution in [0.5, 0.6) is 0 Å². The first-order chi connectivity index (χ1) is 7.53. The lowest BCUT2D eigenvalue weighted by Crippen LogP contribution is -2.48. The minimum Gasteiger partial charge on any atom is -0.396 e. The molecule has 0 aromatic rings. The number of methoxy groups -OCH3 is 1. The largest absolute Gasteiger partial charge is 0.396 e. The van der Waals surface area contributed by atoms with E-state index in [1.165, 1.54) is 0 Å². The van der Waals surface area contributed by atoms with E-state index in [4.69, 9.17) is 9.84 Å². The van der Waals surface area contributed by atoms with Crippen LogP contribution in [0.25, 0.3) is 0 Å². The molecule has 0 bridgehead atoms. The maximum atomic E-state index is 12.2. The molecule has 1 atom stereocenters. The van der Waals surface area contributed by atoms with Gasteiger partial charge in [0.05, 0.1) is 0 Å². The van der Waals surface area contributed by atoms with Crippen LogP contribution in [0.15, 0.2) is 0 Å². The second-order valence-corrected chi connectivity index (χ2v) is 4.87. The van der Waals surface area contributed by atoms with Crippen molar-refractivity contribution in [2.75, 3.05) is 20.3 Å². The molecule has 1 rings (SSSR count). The first-order valence-corrected chi connectivity index (χ1v) is 6.00. The highest BCUT2D eigenvalue weighted by atomic mass is 16.5. The third kappa shape index (κ3) is 2.95. The molecule has 16 heavy (non-hydrogen) atoms. The number of aliphatic hydroxyl groups excluding tert-OH is 1. The van der Waals surface area contributed by atoms with E-state index in [-0.39, 0.29) is 18.6 Å². The van der Waals surface area contributed by atoms with E-state index in [1.807, 2.05) is 4.90 Å². The highest BCUT2D eigenvalue weighted by Crippen LogP contribution is 2.25. The molecule has 1 heterocycles. The summed E-state index contributed by atoms with van der Waals surface area (Å²) >= 11 is 0. The summed E-state index contributed by atoms with van der Waals surface area (Å²) in [6.07, 6.45) is 3.76. The van der Waals surface area contributed by atoms with Crippen molar-refractivity contribution < 1.29 is 14.6 Å². The van der Waals surface area contributed by atoms with Gasteiger partial charge in [0, 0.05) is 26.3 Å². The molecule has 4 heteroatoms. The zero-order valence-electron chi connectivity index (χ0n) is 10.5. The molecule has 0 saturated carbocycles. The Labute approximate surface area is 97.6 Å². The van der Waals surface area contributed by atoms with Gasteiger partial charge in [0.15, 0.2) is 0 Å². The number of ether oxygens (including phenoxy) is 1. The molecule has 1 fully saturated rings. The monoisotopic (exact) mass is 229 g/mol. The van der Waals surface area contributed by atoms with Crippen molar-refractivity contribution in [2.24, 2.45) is 0 Å². The van der Waals surface area contributed by atoms with E-state index in [9.17, 15) is 4.79 Å². The summed E-state index contributed by atoms with van der Waals surface area (Å²) in [5, 5.41) is 8.83. The maximum Gasteiger partial charge on any atom is 0.254 e. The van der Waals surface area contributed by atoms with Gasteiger partial charge in [-0.15, -0.1) is 0 Å². The van der Waals surface area contributed by atoms with Crippen molar-refractivity contribution in [3.8, 4) is 0 Å². The van der Waals surface area contributed by atoms with Gasteiger partial charge >= 0.3 is 0 Å². The van der Waals surface area contributed by atoms with Crippen LogP contribution in [-0.2, 0) is 9.53 Å². The molecule has 1 unspecified atom stereocenters. The van der Waals surface area contributed by atoms with Gasteiger partial charge in [0.1, 0.15) is 5.60 Å². The lowest BCUT2D eigenvalue weighted by Gasteiger charge is -2.32. The molecule has 0 aliphatic carbocycles. The summed E-state index contributed by atoms with van der Waals surface area (Å²) in [6.45, 7) is 4.63. The second kappa shape index (κ2) is 5.64. The van der Waals surface area contributed by atoms with Crippen molar-refractivity contribution in [1.82, 2.24) is 4.90 Å². The Morgan fingerprint density at radius 1 is 1.56 bits per heavy atom. The van der Waals surface area contributed by atoms with Crippen LogP contribution < -0.4 is 0 Å². The normalized spacial score (nSPS) is 21.5. The van der Waals surface area contributed by atoms with Crippen LogP contribution in [-0.4, -0.2) is 47.8 Å². The molecule has 94 valence electrons. The summed E-state index contributed by atoms with van der Waals surface area (Å²) < 4.78 is 5.22. The summed E-state index contributed by atoms with van der Waals surface area (Å²) in [6, 6.07) is 0.286. The predicted octanol–water partition coefficient (Wildman–Crippen LogP) is 1.17. The van der Waals surface area contributed by atoms with Gasteiger partial charge in [-0.05, 0) is 39.5 Å². The number of aliphatic hydroxyl groups is 1. The van der Waals surface area contributed by atoms with Crippen molar-refractivity contribution in [3.05, 3.63) is 0 Å². The van der Waals surface area contributed by atoms with E-state index in [1.54, 1.807) is 21.0 Å². The van der Waals surface area contributed by atoms with Crippen molar-refractivity contribution in [1.29, 1.82) is 0 Å². The lowest BCUT2D eigenvalue weighted by atomic mass is 10.0. The number of carbonyl (C=O) groups is 1. The Balaban J connectivity index is 2.60. The van der Waals surface area contributed by atoms with E-state index in [0.717, 1.165) is 32.2 Å². The molecule has 0 spiro atoms. The maximum absolute atomic E-state index is 12.2. The SMILES string of the molecule is COC(C)(C)C(=O)N1CCCC1CCCO. The van der Waals surface area contributed by atoms with Crippen LogP contribution in [0, 0.1) is 0 Å². The Morgan fingerprint density at radius 3 is 2.81 bits per heavy atom. The van der Waals surface area contributed by atoms with Crippen LogP contribution in [0.4, 0.5) is 0 Å². The van der Waals surface area contributed by atoms with Crippen molar-refractivity contribution in [3.63, 3.8) is 0 Å². The van der Waals surface area contributed by atoms with Gasteiger partial charge in [-0.3, -0.25) is 4.79 Å². The zero-order chi connectivity index (χ0) is 12.2. The molecule has 0 aromatic carbocycles. The highest BCUT2D eigenvalue weighted by molar-refractivity contribution is 5.84. The number of likely N-dealkylation sites (tertiary alicyclic amines) is 1. The van der Waals surface area contributed by atoms with E-state index in [0.29, 0.717) is 0 Å². The summed E-state index contributed by atoms with van der Waals surface area (Å²) in [7, 11) is 1.57. The molecule has 1 amide bonds. The van der Waals surface area contributed by atoms with Crippen LogP contribution >= 0.6 is 0 Å². The van der Waals surface area contributed by atoms with Crippen LogP contribution in [0.3, 0.4) is 0 Å². The fraction of sp³-hybridized carbons (Fsp3) is 0.917. The first-order valence-electron chi connectivity index (χ1n) is 6.00. The van der Waals surface area contributed by atoms with Gasteiger partial charge in [-0.25, -0.2) is 0 Å². The number of hydrogen-bond acceptors (Lipinski definition) is 3. The minimum absolute atomic E-state index is 0.0652. The number of carbonyl (C=O) groups excluding carboxylic acids is 1. The Hall–Kier alpha value is -0.610.